The Bertz CT molecular complexity index is 293. The minimum absolute atomic E-state index is 0.235. The minimum Gasteiger partial charge on any atom is -0.338 e. The molecular formula is C9H16N4O. The fraction of sp³-hybridized carbons (Fsp3) is 0.778. The Morgan fingerprint density at radius 1 is 1.43 bits per heavy atom. The van der Waals surface area contributed by atoms with E-state index in [1.54, 1.807) is 0 Å². The molecule has 1 aromatic rings. The van der Waals surface area contributed by atoms with Crippen LogP contribution in [-0.4, -0.2) is 41.2 Å². The smallest absolute Gasteiger partial charge is 0.243 e. The fourth-order valence-electron chi connectivity index (χ4n) is 1.71. The average Bonchev–Trinajstić information content (AvgIpc) is 2.65. The molecular weight excluding hydrogens is 180 g/mol. The summed E-state index contributed by atoms with van der Waals surface area (Å²) in [6, 6.07) is 0.235. The van der Waals surface area contributed by atoms with Gasteiger partial charge in [-0.25, -0.2) is 0 Å². The molecule has 1 atom stereocenters. The molecule has 0 radical (unpaired) electrons. The molecule has 2 heterocycles. The molecule has 78 valence electrons. The molecule has 14 heavy (non-hydrogen) atoms. The van der Waals surface area contributed by atoms with Crippen LogP contribution in [0.4, 0.5) is 0 Å². The topological polar surface area (TPSA) is 54.2 Å². The Labute approximate surface area is 83.5 Å². The van der Waals surface area contributed by atoms with Gasteiger partial charge in [-0.3, -0.25) is 4.90 Å². The summed E-state index contributed by atoms with van der Waals surface area (Å²) in [5.41, 5.74) is 0. The molecule has 5 heteroatoms. The number of hydrogen-bond acceptors (Lipinski definition) is 5. The van der Waals surface area contributed by atoms with E-state index in [0.717, 1.165) is 32.1 Å². The Morgan fingerprint density at radius 2 is 2.14 bits per heavy atom. The van der Waals surface area contributed by atoms with Crippen molar-refractivity contribution in [1.29, 1.82) is 0 Å². The van der Waals surface area contributed by atoms with E-state index in [4.69, 9.17) is 4.52 Å². The van der Waals surface area contributed by atoms with Gasteiger partial charge in [0.1, 0.15) is 0 Å². The standard InChI is InChI=1S/C9H16N4O/c1-7(9-11-8(2)12-14-9)13-5-3-10-4-6-13/h7,10H,3-6H2,1-2H3/t7-/m0/s1. The van der Waals surface area contributed by atoms with Gasteiger partial charge in [-0.15, -0.1) is 0 Å². The molecule has 1 aromatic heterocycles. The monoisotopic (exact) mass is 196 g/mol. The summed E-state index contributed by atoms with van der Waals surface area (Å²) in [4.78, 5) is 6.60. The van der Waals surface area contributed by atoms with Crippen LogP contribution in [0.15, 0.2) is 4.52 Å². The van der Waals surface area contributed by atoms with E-state index in [-0.39, 0.29) is 6.04 Å². The van der Waals surface area contributed by atoms with Crippen molar-refractivity contribution >= 4 is 0 Å². The summed E-state index contributed by atoms with van der Waals surface area (Å²) in [6.45, 7) is 8.12. The van der Waals surface area contributed by atoms with Gasteiger partial charge >= 0.3 is 0 Å². The zero-order chi connectivity index (χ0) is 9.97. The zero-order valence-electron chi connectivity index (χ0n) is 8.66. The maximum Gasteiger partial charge on any atom is 0.243 e. The van der Waals surface area contributed by atoms with Crippen LogP contribution < -0.4 is 5.32 Å². The summed E-state index contributed by atoms with van der Waals surface area (Å²) in [7, 11) is 0. The second-order valence-electron chi connectivity index (χ2n) is 3.64. The highest BCUT2D eigenvalue weighted by Gasteiger charge is 2.22. The van der Waals surface area contributed by atoms with Crippen molar-refractivity contribution in [3.63, 3.8) is 0 Å². The van der Waals surface area contributed by atoms with Gasteiger partial charge in [0.2, 0.25) is 5.89 Å². The highest BCUT2D eigenvalue weighted by atomic mass is 16.5. The predicted molar refractivity (Wildman–Crippen MR) is 51.9 cm³/mol. The second kappa shape index (κ2) is 4.06. The van der Waals surface area contributed by atoms with Gasteiger partial charge in [-0.2, -0.15) is 4.98 Å². The van der Waals surface area contributed by atoms with E-state index in [0.29, 0.717) is 5.82 Å². The molecule has 2 rings (SSSR count). The molecule has 0 saturated carbocycles. The largest absolute Gasteiger partial charge is 0.338 e. The van der Waals surface area contributed by atoms with Gasteiger partial charge in [0, 0.05) is 26.2 Å². The van der Waals surface area contributed by atoms with Crippen LogP contribution >= 0.6 is 0 Å². The molecule has 1 N–H and O–H groups in total. The summed E-state index contributed by atoms with van der Waals surface area (Å²) < 4.78 is 5.16. The lowest BCUT2D eigenvalue weighted by atomic mass is 10.2. The van der Waals surface area contributed by atoms with Crippen molar-refractivity contribution in [2.75, 3.05) is 26.2 Å². The van der Waals surface area contributed by atoms with Crippen molar-refractivity contribution < 1.29 is 4.52 Å². The third-order valence-electron chi connectivity index (χ3n) is 2.60. The van der Waals surface area contributed by atoms with Crippen LogP contribution in [0.25, 0.3) is 0 Å². The van der Waals surface area contributed by atoms with Crippen molar-refractivity contribution in [2.45, 2.75) is 19.9 Å². The van der Waals surface area contributed by atoms with Crippen LogP contribution in [0.5, 0.6) is 0 Å². The molecule has 1 aliphatic heterocycles. The minimum atomic E-state index is 0.235. The summed E-state index contributed by atoms with van der Waals surface area (Å²) in [5.74, 6) is 1.44. The van der Waals surface area contributed by atoms with E-state index in [1.165, 1.54) is 0 Å². The maximum absolute atomic E-state index is 5.16. The predicted octanol–water partition coefficient (Wildman–Crippen LogP) is 0.344. The van der Waals surface area contributed by atoms with Crippen LogP contribution in [0.2, 0.25) is 0 Å². The number of hydrogen-bond donors (Lipinski definition) is 1. The lowest BCUT2D eigenvalue weighted by Crippen LogP contribution is -2.44. The molecule has 0 spiro atoms. The molecule has 0 bridgehead atoms. The van der Waals surface area contributed by atoms with E-state index in [2.05, 4.69) is 27.3 Å². The number of rotatable bonds is 2. The van der Waals surface area contributed by atoms with Gasteiger partial charge in [-0.05, 0) is 13.8 Å². The number of piperazine rings is 1. The lowest BCUT2D eigenvalue weighted by molar-refractivity contribution is 0.154. The first-order valence-electron chi connectivity index (χ1n) is 5.02. The summed E-state index contributed by atoms with van der Waals surface area (Å²) in [6.07, 6.45) is 0. The van der Waals surface area contributed by atoms with Crippen LogP contribution in [0, 0.1) is 6.92 Å². The van der Waals surface area contributed by atoms with Crippen molar-refractivity contribution in [2.24, 2.45) is 0 Å². The molecule has 0 aliphatic carbocycles. The molecule has 0 aromatic carbocycles. The normalized spacial score (nSPS) is 21.0. The molecule has 1 aliphatic rings. The molecule has 5 nitrogen and oxygen atoms in total. The van der Waals surface area contributed by atoms with E-state index >= 15 is 0 Å². The van der Waals surface area contributed by atoms with Gasteiger partial charge in [0.05, 0.1) is 6.04 Å². The average molecular weight is 196 g/mol. The Kier molecular flexibility index (Phi) is 2.79. The fourth-order valence-corrected chi connectivity index (χ4v) is 1.71. The third kappa shape index (κ3) is 1.93. The van der Waals surface area contributed by atoms with E-state index < -0.39 is 0 Å². The third-order valence-corrected chi connectivity index (χ3v) is 2.60. The number of nitrogens with zero attached hydrogens (tertiary/aromatic N) is 3. The number of nitrogens with one attached hydrogen (secondary N) is 1. The Balaban J connectivity index is 2.03. The van der Waals surface area contributed by atoms with Gasteiger partial charge in [-0.1, -0.05) is 5.16 Å². The number of aromatic nitrogens is 2. The second-order valence-corrected chi connectivity index (χ2v) is 3.64. The van der Waals surface area contributed by atoms with E-state index in [9.17, 15) is 0 Å². The zero-order valence-corrected chi connectivity index (χ0v) is 8.66. The Hall–Kier alpha value is -0.940. The first-order chi connectivity index (χ1) is 6.77. The molecule has 1 saturated heterocycles. The highest BCUT2D eigenvalue weighted by molar-refractivity contribution is 4.91. The summed E-state index contributed by atoms with van der Waals surface area (Å²) >= 11 is 0. The first kappa shape index (κ1) is 9.61. The summed E-state index contributed by atoms with van der Waals surface area (Å²) in [5, 5.41) is 7.12. The molecule has 1 fully saturated rings. The Morgan fingerprint density at radius 3 is 2.71 bits per heavy atom. The SMILES string of the molecule is Cc1noc([C@H](C)N2CCNCC2)n1. The van der Waals surface area contributed by atoms with Crippen LogP contribution in [0.1, 0.15) is 24.7 Å². The number of aryl methyl sites for hydroxylation is 1. The van der Waals surface area contributed by atoms with Gasteiger partial charge < -0.3 is 9.84 Å². The van der Waals surface area contributed by atoms with Crippen LogP contribution in [0.3, 0.4) is 0 Å². The lowest BCUT2D eigenvalue weighted by Gasteiger charge is -2.30. The van der Waals surface area contributed by atoms with Gasteiger partial charge in [0.15, 0.2) is 5.82 Å². The molecule has 0 amide bonds. The highest BCUT2D eigenvalue weighted by Crippen LogP contribution is 2.17. The van der Waals surface area contributed by atoms with Crippen molar-refractivity contribution in [3.05, 3.63) is 11.7 Å². The van der Waals surface area contributed by atoms with Crippen LogP contribution in [-0.2, 0) is 0 Å². The molecule has 0 unspecified atom stereocenters. The first-order valence-corrected chi connectivity index (χ1v) is 5.02. The quantitative estimate of drug-likeness (QED) is 0.739. The van der Waals surface area contributed by atoms with Crippen molar-refractivity contribution in [3.8, 4) is 0 Å². The van der Waals surface area contributed by atoms with Crippen molar-refractivity contribution in [1.82, 2.24) is 20.4 Å². The van der Waals surface area contributed by atoms with E-state index in [1.807, 2.05) is 6.92 Å². The maximum atomic E-state index is 5.16. The van der Waals surface area contributed by atoms with Gasteiger partial charge in [0.25, 0.3) is 0 Å².